The summed E-state index contributed by atoms with van der Waals surface area (Å²) < 4.78 is 10.1. The fraction of sp³-hybridized carbons (Fsp3) is 0.125. The molecule has 1 heterocycles. The van der Waals surface area contributed by atoms with Gasteiger partial charge in [0.2, 0.25) is 17.8 Å². The second-order valence-electron chi connectivity index (χ2n) is 9.01. The molecule has 0 aliphatic rings. The van der Waals surface area contributed by atoms with E-state index in [0.717, 1.165) is 34.7 Å². The zero-order chi connectivity index (χ0) is 30.4. The van der Waals surface area contributed by atoms with Crippen molar-refractivity contribution in [3.63, 3.8) is 0 Å². The molecule has 0 bridgehead atoms. The number of aromatic nitrogens is 3. The molecule has 0 fully saturated rings. The van der Waals surface area contributed by atoms with Crippen molar-refractivity contribution >= 4 is 46.8 Å². The second kappa shape index (κ2) is 15.1. The van der Waals surface area contributed by atoms with Gasteiger partial charge in [0.05, 0.1) is 24.8 Å². The summed E-state index contributed by atoms with van der Waals surface area (Å²) in [5.74, 6) is -0.0363. The molecule has 43 heavy (non-hydrogen) atoms. The summed E-state index contributed by atoms with van der Waals surface area (Å²) in [6, 6.07) is 24.2. The van der Waals surface area contributed by atoms with Crippen LogP contribution in [0.15, 0.2) is 98.1 Å². The number of rotatable bonds is 14. The molecular formula is C32H29N7O4. The van der Waals surface area contributed by atoms with E-state index in [-0.39, 0.29) is 19.2 Å². The first-order valence-electron chi connectivity index (χ1n) is 13.3. The highest BCUT2D eigenvalue weighted by Gasteiger charge is 2.10. The summed E-state index contributed by atoms with van der Waals surface area (Å²) in [4.78, 5) is 36.1. The van der Waals surface area contributed by atoms with Crippen molar-refractivity contribution in [3.05, 3.63) is 115 Å². The number of nitriles is 1. The molecule has 216 valence electrons. The van der Waals surface area contributed by atoms with Crippen LogP contribution >= 0.6 is 0 Å². The smallest absolute Gasteiger partial charge is 0.330 e. The Balaban J connectivity index is 1.48. The zero-order valence-electron chi connectivity index (χ0n) is 23.2. The summed E-state index contributed by atoms with van der Waals surface area (Å²) in [7, 11) is 0. The van der Waals surface area contributed by atoms with Gasteiger partial charge in [-0.3, -0.25) is 0 Å². The van der Waals surface area contributed by atoms with E-state index in [4.69, 9.17) is 14.7 Å². The fourth-order valence-corrected chi connectivity index (χ4v) is 3.73. The van der Waals surface area contributed by atoms with Crippen molar-refractivity contribution in [1.29, 1.82) is 5.26 Å². The van der Waals surface area contributed by atoms with Crippen molar-refractivity contribution in [2.45, 2.75) is 12.8 Å². The third kappa shape index (κ3) is 9.54. The Morgan fingerprint density at radius 2 is 1.00 bits per heavy atom. The van der Waals surface area contributed by atoms with Crippen LogP contribution in [0.5, 0.6) is 0 Å². The topological polar surface area (TPSA) is 151 Å². The molecule has 0 saturated heterocycles. The lowest BCUT2D eigenvalue weighted by molar-refractivity contribution is -0.138. The first-order valence-corrected chi connectivity index (χ1v) is 13.3. The molecule has 0 atom stereocenters. The van der Waals surface area contributed by atoms with Gasteiger partial charge in [0.15, 0.2) is 0 Å². The molecule has 0 radical (unpaired) electrons. The predicted molar refractivity (Wildman–Crippen MR) is 163 cm³/mol. The average Bonchev–Trinajstić information content (AvgIpc) is 3.03. The molecule has 4 aromatic rings. The van der Waals surface area contributed by atoms with E-state index >= 15 is 0 Å². The number of carbonyl (C=O) groups excluding carboxylic acids is 2. The quantitative estimate of drug-likeness (QED) is 0.129. The van der Waals surface area contributed by atoms with Crippen molar-refractivity contribution in [2.75, 3.05) is 29.2 Å². The minimum Gasteiger partial charge on any atom is -0.462 e. The minimum absolute atomic E-state index is 0.258. The number of hydrogen-bond donors (Lipinski definition) is 3. The summed E-state index contributed by atoms with van der Waals surface area (Å²) >= 11 is 0. The van der Waals surface area contributed by atoms with E-state index < -0.39 is 11.9 Å². The predicted octanol–water partition coefficient (Wildman–Crippen LogP) is 5.52. The lowest BCUT2D eigenvalue weighted by Gasteiger charge is -2.12. The van der Waals surface area contributed by atoms with Gasteiger partial charge in [-0.05, 0) is 59.7 Å². The molecule has 0 aliphatic carbocycles. The number of hydrogen-bond acceptors (Lipinski definition) is 11. The Labute approximate surface area is 248 Å². The fourth-order valence-electron chi connectivity index (χ4n) is 3.73. The Hall–Kier alpha value is -6.02. The maximum absolute atomic E-state index is 11.2. The van der Waals surface area contributed by atoms with Crippen LogP contribution in [0.2, 0.25) is 0 Å². The molecule has 0 saturated carbocycles. The maximum atomic E-state index is 11.2. The van der Waals surface area contributed by atoms with Crippen LogP contribution in [-0.4, -0.2) is 40.1 Å². The van der Waals surface area contributed by atoms with Crippen LogP contribution < -0.4 is 16.0 Å². The van der Waals surface area contributed by atoms with Crippen molar-refractivity contribution in [1.82, 2.24) is 15.0 Å². The molecule has 11 heteroatoms. The highest BCUT2D eigenvalue weighted by atomic mass is 16.5. The third-order valence-corrected chi connectivity index (χ3v) is 5.93. The van der Waals surface area contributed by atoms with Crippen LogP contribution in [-0.2, 0) is 31.9 Å². The second-order valence-corrected chi connectivity index (χ2v) is 9.01. The number of esters is 2. The molecule has 0 amide bonds. The van der Waals surface area contributed by atoms with Crippen molar-refractivity contribution in [3.8, 4) is 6.07 Å². The van der Waals surface area contributed by atoms with Crippen LogP contribution in [0.25, 0.3) is 0 Å². The number of ether oxygens (including phenoxy) is 2. The Morgan fingerprint density at radius 1 is 0.651 bits per heavy atom. The lowest BCUT2D eigenvalue weighted by atomic mass is 10.1. The van der Waals surface area contributed by atoms with Gasteiger partial charge in [-0.25, -0.2) is 9.59 Å². The Morgan fingerprint density at radius 3 is 1.33 bits per heavy atom. The molecule has 0 aliphatic heterocycles. The molecule has 11 nitrogen and oxygen atoms in total. The largest absolute Gasteiger partial charge is 0.462 e. The van der Waals surface area contributed by atoms with Gasteiger partial charge in [0.25, 0.3) is 0 Å². The van der Waals surface area contributed by atoms with Crippen LogP contribution in [0, 0.1) is 11.3 Å². The first-order chi connectivity index (χ1) is 20.9. The summed E-state index contributed by atoms with van der Waals surface area (Å²) in [6.45, 7) is 7.29. The van der Waals surface area contributed by atoms with Gasteiger partial charge in [-0.1, -0.05) is 37.4 Å². The Kier molecular flexibility index (Phi) is 10.5. The third-order valence-electron chi connectivity index (χ3n) is 5.93. The first kappa shape index (κ1) is 30.0. The number of benzene rings is 3. The van der Waals surface area contributed by atoms with Crippen molar-refractivity contribution in [2.24, 2.45) is 0 Å². The lowest BCUT2D eigenvalue weighted by Crippen LogP contribution is -2.08. The van der Waals surface area contributed by atoms with Gasteiger partial charge in [0.1, 0.15) is 0 Å². The standard InChI is InChI=1S/C32H29N7O4/c1-3-28(40)42-19-17-22-5-11-25(12-6-22)34-30-37-31(39-32(38-30)36-27-15-9-24(21-33)10-16-27)35-26-13-7-23(8-14-26)18-20-43-29(41)4-2/h3-16H,1-2,17-20H2,(H3,34,35,36,37,38,39). The zero-order valence-corrected chi connectivity index (χ0v) is 23.2. The number of nitrogens with zero attached hydrogens (tertiary/aromatic N) is 4. The number of carbonyl (C=O) groups is 2. The van der Waals surface area contributed by atoms with E-state index in [9.17, 15) is 9.59 Å². The summed E-state index contributed by atoms with van der Waals surface area (Å²) in [5, 5.41) is 18.6. The van der Waals surface area contributed by atoms with E-state index in [1.54, 1.807) is 24.3 Å². The van der Waals surface area contributed by atoms with Gasteiger partial charge in [-0.2, -0.15) is 20.2 Å². The van der Waals surface area contributed by atoms with E-state index in [0.29, 0.717) is 36.0 Å². The number of anilines is 6. The average molecular weight is 576 g/mol. The molecule has 3 N–H and O–H groups in total. The molecule has 1 aromatic heterocycles. The monoisotopic (exact) mass is 575 g/mol. The summed E-state index contributed by atoms with van der Waals surface area (Å²) in [6.07, 6.45) is 3.40. The summed E-state index contributed by atoms with van der Waals surface area (Å²) in [5.41, 5.74) is 4.71. The van der Waals surface area contributed by atoms with Crippen molar-refractivity contribution < 1.29 is 19.1 Å². The number of nitrogens with one attached hydrogen (secondary N) is 3. The van der Waals surface area contributed by atoms with E-state index in [1.807, 2.05) is 48.5 Å². The van der Waals surface area contributed by atoms with Gasteiger partial charge in [0, 0.05) is 42.1 Å². The molecule has 3 aromatic carbocycles. The van der Waals surface area contributed by atoms with Crippen LogP contribution in [0.1, 0.15) is 16.7 Å². The molecule has 0 spiro atoms. The molecular weight excluding hydrogens is 546 g/mol. The van der Waals surface area contributed by atoms with Gasteiger partial charge >= 0.3 is 11.9 Å². The SMILES string of the molecule is C=CC(=O)OCCc1ccc(Nc2nc(Nc3ccc(C#N)cc3)nc(Nc3ccc(CCOC(=O)C=C)cc3)n2)cc1. The molecule has 4 rings (SSSR count). The highest BCUT2D eigenvalue weighted by Crippen LogP contribution is 2.22. The maximum Gasteiger partial charge on any atom is 0.330 e. The van der Waals surface area contributed by atoms with Gasteiger partial charge in [-0.15, -0.1) is 0 Å². The van der Waals surface area contributed by atoms with E-state index in [2.05, 4.69) is 50.1 Å². The van der Waals surface area contributed by atoms with Gasteiger partial charge < -0.3 is 25.4 Å². The Bertz CT molecular complexity index is 1520. The highest BCUT2D eigenvalue weighted by molar-refractivity contribution is 5.81. The van der Waals surface area contributed by atoms with E-state index in [1.165, 1.54) is 0 Å². The van der Waals surface area contributed by atoms with Crippen LogP contribution in [0.4, 0.5) is 34.9 Å². The minimum atomic E-state index is -0.453. The normalized spacial score (nSPS) is 10.1. The molecule has 0 unspecified atom stereocenters. The van der Waals surface area contributed by atoms with Crippen LogP contribution in [0.3, 0.4) is 0 Å².